The fourth-order valence-electron chi connectivity index (χ4n) is 3.98. The molecule has 0 radical (unpaired) electrons. The van der Waals surface area contributed by atoms with Gasteiger partial charge in [0.15, 0.2) is 0 Å². The first-order valence-electron chi connectivity index (χ1n) is 11.4. The smallest absolute Gasteiger partial charge is 0.119 e. The predicted molar refractivity (Wildman–Crippen MR) is 137 cm³/mol. The maximum Gasteiger partial charge on any atom is 0.119 e. The molecule has 0 aromatic heterocycles. The molecule has 3 nitrogen and oxygen atoms in total. The Morgan fingerprint density at radius 3 is 1.73 bits per heavy atom. The van der Waals surface area contributed by atoms with E-state index in [0.717, 1.165) is 22.8 Å². The Labute approximate surface area is 196 Å². The Morgan fingerprint density at radius 1 is 0.697 bits per heavy atom. The van der Waals surface area contributed by atoms with Gasteiger partial charge in [0.05, 0.1) is 6.61 Å². The summed E-state index contributed by atoms with van der Waals surface area (Å²) in [6.45, 7) is 6.75. The van der Waals surface area contributed by atoms with Gasteiger partial charge in [-0.25, -0.2) is 0 Å². The van der Waals surface area contributed by atoms with Crippen LogP contribution in [-0.4, -0.2) is 18.3 Å². The number of benzene rings is 4. The van der Waals surface area contributed by atoms with Crippen LogP contribution in [0.4, 0.5) is 17.1 Å². The van der Waals surface area contributed by atoms with Gasteiger partial charge < -0.3 is 14.7 Å². The quantitative estimate of drug-likeness (QED) is 0.314. The maximum atomic E-state index is 9.02. The lowest BCUT2D eigenvalue weighted by atomic mass is 9.93. The highest BCUT2D eigenvalue weighted by atomic mass is 16.5. The first-order chi connectivity index (χ1) is 16.0. The van der Waals surface area contributed by atoms with Gasteiger partial charge in [0.2, 0.25) is 0 Å². The molecule has 4 aromatic rings. The largest absolute Gasteiger partial charge is 0.491 e. The Bertz CT molecular complexity index is 1120. The average Bonchev–Trinajstić information content (AvgIpc) is 2.85. The lowest BCUT2D eigenvalue weighted by Crippen LogP contribution is -2.10. The molecule has 0 aliphatic carbocycles. The summed E-state index contributed by atoms with van der Waals surface area (Å²) < 4.78 is 5.59. The molecule has 0 saturated heterocycles. The topological polar surface area (TPSA) is 32.7 Å². The van der Waals surface area contributed by atoms with E-state index in [2.05, 4.69) is 111 Å². The first kappa shape index (κ1) is 22.6. The van der Waals surface area contributed by atoms with Crippen molar-refractivity contribution in [1.29, 1.82) is 0 Å². The summed E-state index contributed by atoms with van der Waals surface area (Å²) >= 11 is 0. The molecule has 0 heterocycles. The predicted octanol–water partition coefficient (Wildman–Crippen LogP) is 7.30. The highest BCUT2D eigenvalue weighted by Gasteiger charge is 2.14. The second kappa shape index (κ2) is 10.4. The second-order valence-corrected chi connectivity index (χ2v) is 8.46. The van der Waals surface area contributed by atoms with Gasteiger partial charge in [-0.15, -0.1) is 0 Å². The minimum absolute atomic E-state index is 0.0136. The number of aliphatic hydroxyl groups is 1. The van der Waals surface area contributed by atoms with Crippen molar-refractivity contribution < 1.29 is 9.84 Å². The van der Waals surface area contributed by atoms with E-state index in [1.54, 1.807) is 0 Å². The van der Waals surface area contributed by atoms with E-state index in [0.29, 0.717) is 6.61 Å². The van der Waals surface area contributed by atoms with Crippen LogP contribution in [0.3, 0.4) is 0 Å². The molecule has 1 atom stereocenters. The first-order valence-corrected chi connectivity index (χ1v) is 11.4. The van der Waals surface area contributed by atoms with Gasteiger partial charge in [0.1, 0.15) is 12.4 Å². The molecule has 0 amide bonds. The summed E-state index contributed by atoms with van der Waals surface area (Å²) in [7, 11) is 0. The van der Waals surface area contributed by atoms with Crippen LogP contribution < -0.4 is 9.64 Å². The summed E-state index contributed by atoms with van der Waals surface area (Å²) in [5.41, 5.74) is 8.32. The van der Waals surface area contributed by atoms with Crippen LogP contribution in [-0.2, 0) is 0 Å². The minimum Gasteiger partial charge on any atom is -0.491 e. The molecule has 1 N–H and O–H groups in total. The van der Waals surface area contributed by atoms with Crippen molar-refractivity contribution in [2.75, 3.05) is 18.1 Å². The van der Waals surface area contributed by atoms with E-state index in [1.165, 1.54) is 22.3 Å². The Hall–Kier alpha value is -3.56. The number of nitrogens with zero attached hydrogens (tertiary/aromatic N) is 1. The molecule has 33 heavy (non-hydrogen) atoms. The maximum absolute atomic E-state index is 9.02. The monoisotopic (exact) mass is 437 g/mol. The number of aliphatic hydroxyl groups excluding tert-OH is 1. The molecule has 0 spiro atoms. The van der Waals surface area contributed by atoms with Crippen molar-refractivity contribution in [2.45, 2.75) is 26.7 Å². The van der Waals surface area contributed by atoms with Gasteiger partial charge in [-0.1, -0.05) is 66.6 Å². The summed E-state index contributed by atoms with van der Waals surface area (Å²) in [6, 6.07) is 34.2. The Kier molecular flexibility index (Phi) is 7.11. The molecule has 0 aliphatic heterocycles. The van der Waals surface area contributed by atoms with Crippen molar-refractivity contribution in [3.63, 3.8) is 0 Å². The van der Waals surface area contributed by atoms with Crippen molar-refractivity contribution in [3.05, 3.63) is 119 Å². The Morgan fingerprint density at radius 2 is 1.21 bits per heavy atom. The van der Waals surface area contributed by atoms with Crippen molar-refractivity contribution in [3.8, 4) is 5.75 Å². The molecule has 3 heteroatoms. The molecule has 0 saturated carbocycles. The zero-order valence-electron chi connectivity index (χ0n) is 19.5. The third-order valence-electron chi connectivity index (χ3n) is 5.95. The molecular formula is C30H31NO2. The van der Waals surface area contributed by atoms with E-state index in [4.69, 9.17) is 9.84 Å². The fraction of sp³-hybridized carbons (Fsp3) is 0.200. The number of ether oxygens (including phenoxy) is 1. The van der Waals surface area contributed by atoms with E-state index in [9.17, 15) is 0 Å². The van der Waals surface area contributed by atoms with Crippen molar-refractivity contribution in [1.82, 2.24) is 0 Å². The summed E-state index contributed by atoms with van der Waals surface area (Å²) in [5, 5.41) is 9.02. The number of hydrogen-bond donors (Lipinski definition) is 1. The average molecular weight is 438 g/mol. The number of hydrogen-bond acceptors (Lipinski definition) is 3. The third kappa shape index (κ3) is 5.44. The molecule has 168 valence electrons. The molecule has 1 unspecified atom stereocenters. The molecule has 0 fully saturated rings. The lowest BCUT2D eigenvalue weighted by Gasteiger charge is -2.26. The van der Waals surface area contributed by atoms with E-state index in [1.807, 2.05) is 12.1 Å². The van der Waals surface area contributed by atoms with Gasteiger partial charge in [0, 0.05) is 23.0 Å². The highest BCUT2D eigenvalue weighted by molar-refractivity contribution is 5.76. The standard InChI is InChI=1S/C30H31NO2/c1-22-7-13-27(14-8-22)31(28-15-9-23(2)10-16-28)29-17-11-25(12-18-29)24(3)26-5-4-6-30(21-26)33-20-19-32/h4-18,21,24,32H,19-20H2,1-3H3. The molecule has 0 aliphatic rings. The second-order valence-electron chi connectivity index (χ2n) is 8.46. The number of rotatable bonds is 8. The van der Waals surface area contributed by atoms with Crippen LogP contribution in [0.15, 0.2) is 97.1 Å². The summed E-state index contributed by atoms with van der Waals surface area (Å²) in [5.74, 6) is 1.01. The summed E-state index contributed by atoms with van der Waals surface area (Å²) in [4.78, 5) is 2.29. The molecular weight excluding hydrogens is 406 g/mol. The van der Waals surface area contributed by atoms with Crippen LogP contribution in [0.2, 0.25) is 0 Å². The minimum atomic E-state index is 0.0136. The normalized spacial score (nSPS) is 11.8. The zero-order chi connectivity index (χ0) is 23.2. The van der Waals surface area contributed by atoms with E-state index in [-0.39, 0.29) is 12.5 Å². The van der Waals surface area contributed by atoms with Crippen molar-refractivity contribution in [2.24, 2.45) is 0 Å². The van der Waals surface area contributed by atoms with Gasteiger partial charge in [-0.3, -0.25) is 0 Å². The van der Waals surface area contributed by atoms with Crippen LogP contribution in [0, 0.1) is 13.8 Å². The van der Waals surface area contributed by atoms with E-state index >= 15 is 0 Å². The van der Waals surface area contributed by atoms with Crippen LogP contribution in [0.25, 0.3) is 0 Å². The van der Waals surface area contributed by atoms with E-state index < -0.39 is 0 Å². The zero-order valence-corrected chi connectivity index (χ0v) is 19.5. The van der Waals surface area contributed by atoms with Gasteiger partial charge >= 0.3 is 0 Å². The lowest BCUT2D eigenvalue weighted by molar-refractivity contribution is 0.201. The summed E-state index contributed by atoms with van der Waals surface area (Å²) in [6.07, 6.45) is 0. The van der Waals surface area contributed by atoms with Gasteiger partial charge in [-0.2, -0.15) is 0 Å². The van der Waals surface area contributed by atoms with Gasteiger partial charge in [-0.05, 0) is 73.5 Å². The molecule has 4 aromatic carbocycles. The molecule has 4 rings (SSSR count). The van der Waals surface area contributed by atoms with Gasteiger partial charge in [0.25, 0.3) is 0 Å². The Balaban J connectivity index is 1.64. The van der Waals surface area contributed by atoms with Crippen LogP contribution in [0.5, 0.6) is 5.75 Å². The van der Waals surface area contributed by atoms with Crippen LogP contribution in [0.1, 0.15) is 35.1 Å². The van der Waals surface area contributed by atoms with Crippen molar-refractivity contribution >= 4 is 17.1 Å². The fourth-order valence-corrected chi connectivity index (χ4v) is 3.98. The highest BCUT2D eigenvalue weighted by Crippen LogP contribution is 2.36. The number of anilines is 3. The van der Waals surface area contributed by atoms with Crippen LogP contribution >= 0.6 is 0 Å². The SMILES string of the molecule is Cc1ccc(N(c2ccc(C)cc2)c2ccc(C(C)c3cccc(OCCO)c3)cc2)cc1. The third-order valence-corrected chi connectivity index (χ3v) is 5.95. The number of aryl methyl sites for hydroxylation is 2. The molecule has 0 bridgehead atoms.